The number of aliphatic hydroxyl groups is 3. The lowest BCUT2D eigenvalue weighted by atomic mass is 9.75. The number of methoxy groups -OCH3 is 1. The molecule has 2 amide bonds. The Hall–Kier alpha value is -2.14. The molecule has 6 atom stereocenters. The van der Waals surface area contributed by atoms with Crippen LogP contribution in [0.5, 0.6) is 11.5 Å². The number of nitrogens with one attached hydrogen (secondary N) is 1. The third-order valence-corrected chi connectivity index (χ3v) is 9.19. The number of halogens is 4. The standard InChI is InChI=1S/C31H44F3IN2O8/c1-17(2)21-6-5-18(3)9-24(21)44-15-27(40)37(16-31(32,33)34)23-12-20(30(42)36-7-8-38)13-25(28(23)41)45-29-22(35)10-19(14-39)11-26(29)43-4/h10-11,13,17-18,21,23-25,28,38-39,41H,5-9,12,14-16H2,1-4H3,(H,36,42). The molecule has 0 bridgehead atoms. The number of hydrogen-bond acceptors (Lipinski definition) is 8. The first-order valence-electron chi connectivity index (χ1n) is 15.1. The van der Waals surface area contributed by atoms with Gasteiger partial charge in [0.1, 0.15) is 25.4 Å². The fraction of sp³-hybridized carbons (Fsp3) is 0.677. The minimum Gasteiger partial charge on any atom is -0.493 e. The molecule has 2 aliphatic rings. The van der Waals surface area contributed by atoms with Crippen molar-refractivity contribution in [3.8, 4) is 11.5 Å². The first-order valence-corrected chi connectivity index (χ1v) is 16.2. The highest BCUT2D eigenvalue weighted by Crippen LogP contribution is 2.38. The summed E-state index contributed by atoms with van der Waals surface area (Å²) in [5.74, 6) is -0.556. The van der Waals surface area contributed by atoms with Gasteiger partial charge in [-0.1, -0.05) is 27.2 Å². The van der Waals surface area contributed by atoms with Crippen LogP contribution in [0, 0.1) is 21.3 Å². The molecule has 6 unspecified atom stereocenters. The van der Waals surface area contributed by atoms with E-state index in [0.29, 0.717) is 26.4 Å². The van der Waals surface area contributed by atoms with Gasteiger partial charge in [-0.15, -0.1) is 0 Å². The van der Waals surface area contributed by atoms with Gasteiger partial charge in [-0.2, -0.15) is 13.2 Å². The molecule has 0 radical (unpaired) electrons. The number of carbonyl (C=O) groups excluding carboxylic acids is 2. The molecular weight excluding hydrogens is 712 g/mol. The number of alkyl halides is 3. The van der Waals surface area contributed by atoms with Gasteiger partial charge in [0.15, 0.2) is 11.5 Å². The summed E-state index contributed by atoms with van der Waals surface area (Å²) in [6.07, 6.45) is -4.67. The van der Waals surface area contributed by atoms with E-state index in [1.807, 2.05) is 22.6 Å². The van der Waals surface area contributed by atoms with Crippen molar-refractivity contribution in [3.63, 3.8) is 0 Å². The molecular formula is C31H44F3IN2O8. The predicted molar refractivity (Wildman–Crippen MR) is 167 cm³/mol. The minimum atomic E-state index is -4.81. The van der Waals surface area contributed by atoms with Crippen LogP contribution in [0.1, 0.15) is 52.0 Å². The predicted octanol–water partition coefficient (Wildman–Crippen LogP) is 3.58. The molecule has 3 rings (SSSR count). The number of aliphatic hydroxyl groups excluding tert-OH is 3. The molecule has 254 valence electrons. The van der Waals surface area contributed by atoms with Crippen molar-refractivity contribution < 1.29 is 52.3 Å². The Kier molecular flexibility index (Phi) is 13.8. The maximum absolute atomic E-state index is 13.9. The molecule has 0 spiro atoms. The van der Waals surface area contributed by atoms with Gasteiger partial charge in [-0.05, 0) is 77.0 Å². The Balaban J connectivity index is 1.96. The first kappa shape index (κ1) is 37.3. The largest absolute Gasteiger partial charge is 0.493 e. The van der Waals surface area contributed by atoms with E-state index >= 15 is 0 Å². The van der Waals surface area contributed by atoms with Gasteiger partial charge < -0.3 is 39.7 Å². The zero-order chi connectivity index (χ0) is 33.5. The smallest absolute Gasteiger partial charge is 0.406 e. The molecule has 0 saturated heterocycles. The Bertz CT molecular complexity index is 1200. The van der Waals surface area contributed by atoms with Crippen molar-refractivity contribution in [1.82, 2.24) is 10.2 Å². The van der Waals surface area contributed by atoms with Gasteiger partial charge in [0.2, 0.25) is 11.8 Å². The number of rotatable bonds is 13. The summed E-state index contributed by atoms with van der Waals surface area (Å²) >= 11 is 1.93. The number of carbonyl (C=O) groups is 2. The molecule has 1 saturated carbocycles. The Morgan fingerprint density at radius 2 is 1.91 bits per heavy atom. The maximum Gasteiger partial charge on any atom is 0.406 e. The molecule has 1 aromatic carbocycles. The molecule has 45 heavy (non-hydrogen) atoms. The quantitative estimate of drug-likeness (QED) is 0.225. The topological polar surface area (TPSA) is 138 Å². The highest BCUT2D eigenvalue weighted by molar-refractivity contribution is 14.1. The van der Waals surface area contributed by atoms with Crippen LogP contribution < -0.4 is 14.8 Å². The molecule has 2 aliphatic carbocycles. The van der Waals surface area contributed by atoms with Crippen LogP contribution >= 0.6 is 22.6 Å². The lowest BCUT2D eigenvalue weighted by Crippen LogP contribution is -2.58. The summed E-state index contributed by atoms with van der Waals surface area (Å²) < 4.78 is 59.8. The number of hydrogen-bond donors (Lipinski definition) is 4. The third-order valence-electron chi connectivity index (χ3n) is 8.39. The second kappa shape index (κ2) is 16.6. The Labute approximate surface area is 275 Å². The number of amides is 2. The van der Waals surface area contributed by atoms with Gasteiger partial charge in [0, 0.05) is 18.5 Å². The van der Waals surface area contributed by atoms with Crippen molar-refractivity contribution in [2.24, 2.45) is 17.8 Å². The van der Waals surface area contributed by atoms with Crippen LogP contribution in [0.15, 0.2) is 23.8 Å². The average Bonchev–Trinajstić information content (AvgIpc) is 2.98. The fourth-order valence-electron chi connectivity index (χ4n) is 6.05. The summed E-state index contributed by atoms with van der Waals surface area (Å²) in [5.41, 5.74) is 0.492. The summed E-state index contributed by atoms with van der Waals surface area (Å²) in [6, 6.07) is 1.62. The van der Waals surface area contributed by atoms with Crippen molar-refractivity contribution in [2.45, 2.75) is 83.6 Å². The monoisotopic (exact) mass is 756 g/mol. The van der Waals surface area contributed by atoms with E-state index in [4.69, 9.17) is 14.2 Å². The number of benzene rings is 1. The molecule has 1 aromatic rings. The van der Waals surface area contributed by atoms with Gasteiger partial charge in [0.05, 0.1) is 36.0 Å². The molecule has 0 heterocycles. The fourth-order valence-corrected chi connectivity index (χ4v) is 6.84. The Morgan fingerprint density at radius 3 is 2.51 bits per heavy atom. The molecule has 4 N–H and O–H groups in total. The lowest BCUT2D eigenvalue weighted by molar-refractivity contribution is -0.177. The van der Waals surface area contributed by atoms with E-state index in [-0.39, 0.29) is 54.8 Å². The van der Waals surface area contributed by atoms with E-state index < -0.39 is 55.8 Å². The van der Waals surface area contributed by atoms with Gasteiger partial charge in [-0.25, -0.2) is 0 Å². The van der Waals surface area contributed by atoms with Gasteiger partial charge in [-0.3, -0.25) is 9.59 Å². The van der Waals surface area contributed by atoms with E-state index in [2.05, 4.69) is 26.1 Å². The number of nitrogens with zero attached hydrogens (tertiary/aromatic N) is 1. The van der Waals surface area contributed by atoms with Crippen LogP contribution in [0.25, 0.3) is 0 Å². The average molecular weight is 757 g/mol. The van der Waals surface area contributed by atoms with E-state index in [0.717, 1.165) is 12.8 Å². The van der Waals surface area contributed by atoms with Crippen molar-refractivity contribution in [3.05, 3.63) is 32.9 Å². The van der Waals surface area contributed by atoms with Crippen LogP contribution in [0.3, 0.4) is 0 Å². The number of ether oxygens (including phenoxy) is 3. The summed E-state index contributed by atoms with van der Waals surface area (Å²) in [6.45, 7) is 3.12. The molecule has 0 aliphatic heterocycles. The van der Waals surface area contributed by atoms with E-state index in [9.17, 15) is 38.1 Å². The van der Waals surface area contributed by atoms with E-state index in [1.54, 1.807) is 6.07 Å². The second-order valence-electron chi connectivity index (χ2n) is 12.1. The Morgan fingerprint density at radius 1 is 1.20 bits per heavy atom. The van der Waals surface area contributed by atoms with Crippen LogP contribution in [-0.2, 0) is 20.9 Å². The van der Waals surface area contributed by atoms with E-state index in [1.165, 1.54) is 19.3 Å². The van der Waals surface area contributed by atoms with Crippen LogP contribution in [0.4, 0.5) is 13.2 Å². The molecule has 10 nitrogen and oxygen atoms in total. The first-order chi connectivity index (χ1) is 21.2. The minimum absolute atomic E-state index is 0.0217. The van der Waals surface area contributed by atoms with Crippen molar-refractivity contribution >= 4 is 34.4 Å². The summed E-state index contributed by atoms with van der Waals surface area (Å²) in [7, 11) is 1.36. The normalized spacial score (nSPS) is 25.5. The van der Waals surface area contributed by atoms with Gasteiger partial charge in [0.25, 0.3) is 0 Å². The van der Waals surface area contributed by atoms with Crippen LogP contribution in [0.2, 0.25) is 0 Å². The molecule has 1 fully saturated rings. The highest BCUT2D eigenvalue weighted by atomic mass is 127. The van der Waals surface area contributed by atoms with Gasteiger partial charge >= 0.3 is 6.18 Å². The second-order valence-corrected chi connectivity index (χ2v) is 13.3. The third kappa shape index (κ3) is 10.2. The zero-order valence-electron chi connectivity index (χ0n) is 26.0. The maximum atomic E-state index is 13.9. The highest BCUT2D eigenvalue weighted by Gasteiger charge is 2.45. The molecule has 0 aromatic heterocycles. The summed E-state index contributed by atoms with van der Waals surface area (Å²) in [4.78, 5) is 27.1. The molecule has 14 heteroatoms. The SMILES string of the molecule is COc1cc(CO)cc(I)c1OC1C=C(C(=O)NCCO)CC(N(CC(F)(F)F)C(=O)COC2CC(C)CCC2C(C)C)C1O. The van der Waals surface area contributed by atoms with Crippen molar-refractivity contribution in [2.75, 3.05) is 33.4 Å². The zero-order valence-corrected chi connectivity index (χ0v) is 28.1. The summed E-state index contributed by atoms with van der Waals surface area (Å²) in [5, 5.41) is 32.7. The van der Waals surface area contributed by atoms with Crippen LogP contribution in [-0.4, -0.2) is 96.0 Å². The lowest BCUT2D eigenvalue weighted by Gasteiger charge is -2.41. The van der Waals surface area contributed by atoms with Crippen molar-refractivity contribution in [1.29, 1.82) is 0 Å².